The van der Waals surface area contributed by atoms with E-state index in [-0.39, 0.29) is 0 Å². The molecule has 4 rings (SSSR count). The Morgan fingerprint density at radius 2 is 2.00 bits per heavy atom. The van der Waals surface area contributed by atoms with Gasteiger partial charge in [0.25, 0.3) is 0 Å². The van der Waals surface area contributed by atoms with Gasteiger partial charge in [0.1, 0.15) is 5.75 Å². The SMILES string of the molecule is CCOc1nc(Oc2ccc3[nH]c(C)cc3c2)c2c(NC)cccc2n1. The first-order chi connectivity index (χ1) is 12.7. The van der Waals surface area contributed by atoms with Crippen LogP contribution in [0.3, 0.4) is 0 Å². The first-order valence-corrected chi connectivity index (χ1v) is 8.56. The Labute approximate surface area is 151 Å². The second-order valence-electron chi connectivity index (χ2n) is 6.00. The van der Waals surface area contributed by atoms with E-state index in [4.69, 9.17) is 9.47 Å². The normalized spacial score (nSPS) is 11.0. The summed E-state index contributed by atoms with van der Waals surface area (Å²) in [5, 5.41) is 5.09. The Balaban J connectivity index is 1.84. The van der Waals surface area contributed by atoms with Crippen molar-refractivity contribution in [2.45, 2.75) is 13.8 Å². The van der Waals surface area contributed by atoms with E-state index in [1.807, 2.05) is 57.3 Å². The highest BCUT2D eigenvalue weighted by Gasteiger charge is 2.14. The van der Waals surface area contributed by atoms with Gasteiger partial charge in [-0.05, 0) is 50.2 Å². The molecule has 0 saturated heterocycles. The summed E-state index contributed by atoms with van der Waals surface area (Å²) in [4.78, 5) is 12.3. The zero-order chi connectivity index (χ0) is 18.1. The van der Waals surface area contributed by atoms with Gasteiger partial charge in [0.2, 0.25) is 5.88 Å². The number of benzene rings is 2. The van der Waals surface area contributed by atoms with Gasteiger partial charge in [0.05, 0.1) is 17.5 Å². The van der Waals surface area contributed by atoms with Gasteiger partial charge in [-0.15, -0.1) is 0 Å². The van der Waals surface area contributed by atoms with E-state index < -0.39 is 0 Å². The molecule has 0 aliphatic carbocycles. The van der Waals surface area contributed by atoms with Gasteiger partial charge in [-0.3, -0.25) is 0 Å². The van der Waals surface area contributed by atoms with E-state index in [2.05, 4.69) is 26.3 Å². The number of hydrogen-bond acceptors (Lipinski definition) is 5. The van der Waals surface area contributed by atoms with E-state index in [9.17, 15) is 0 Å². The average molecular weight is 348 g/mol. The summed E-state index contributed by atoms with van der Waals surface area (Å²) in [6.07, 6.45) is 0. The van der Waals surface area contributed by atoms with Crippen molar-refractivity contribution in [2.75, 3.05) is 19.0 Å². The van der Waals surface area contributed by atoms with Gasteiger partial charge >= 0.3 is 6.01 Å². The maximum absolute atomic E-state index is 6.15. The predicted octanol–water partition coefficient (Wildman–Crippen LogP) is 4.65. The number of aryl methyl sites for hydroxylation is 1. The molecule has 132 valence electrons. The van der Waals surface area contributed by atoms with Crippen molar-refractivity contribution in [1.29, 1.82) is 0 Å². The summed E-state index contributed by atoms with van der Waals surface area (Å²) >= 11 is 0. The molecular weight excluding hydrogens is 328 g/mol. The molecule has 2 aromatic carbocycles. The molecule has 0 bridgehead atoms. The topological polar surface area (TPSA) is 72.1 Å². The largest absolute Gasteiger partial charge is 0.464 e. The van der Waals surface area contributed by atoms with Crippen LogP contribution in [0.15, 0.2) is 42.5 Å². The summed E-state index contributed by atoms with van der Waals surface area (Å²) in [5.41, 5.74) is 3.86. The highest BCUT2D eigenvalue weighted by atomic mass is 16.5. The second kappa shape index (κ2) is 6.55. The summed E-state index contributed by atoms with van der Waals surface area (Å²) in [5.74, 6) is 1.18. The van der Waals surface area contributed by atoms with Gasteiger partial charge in [0, 0.05) is 29.3 Å². The van der Waals surface area contributed by atoms with Gasteiger partial charge in [0.15, 0.2) is 0 Å². The molecular formula is C20H20N4O2. The van der Waals surface area contributed by atoms with Crippen LogP contribution in [0, 0.1) is 6.92 Å². The van der Waals surface area contributed by atoms with E-state index in [1.54, 1.807) is 0 Å². The Bertz CT molecular complexity index is 1090. The molecule has 26 heavy (non-hydrogen) atoms. The molecule has 6 heteroatoms. The minimum Gasteiger partial charge on any atom is -0.464 e. The van der Waals surface area contributed by atoms with Crippen molar-refractivity contribution in [3.05, 3.63) is 48.2 Å². The molecule has 0 spiro atoms. The highest BCUT2D eigenvalue weighted by molar-refractivity contribution is 5.95. The molecule has 0 radical (unpaired) electrons. The summed E-state index contributed by atoms with van der Waals surface area (Å²) in [7, 11) is 1.86. The van der Waals surface area contributed by atoms with Crippen LogP contribution >= 0.6 is 0 Å². The van der Waals surface area contributed by atoms with Crippen molar-refractivity contribution >= 4 is 27.5 Å². The maximum Gasteiger partial charge on any atom is 0.320 e. The number of rotatable bonds is 5. The number of aromatic amines is 1. The molecule has 4 aromatic rings. The van der Waals surface area contributed by atoms with Crippen molar-refractivity contribution in [3.63, 3.8) is 0 Å². The fourth-order valence-electron chi connectivity index (χ4n) is 3.04. The lowest BCUT2D eigenvalue weighted by atomic mass is 10.2. The van der Waals surface area contributed by atoms with Crippen LogP contribution < -0.4 is 14.8 Å². The Morgan fingerprint density at radius 1 is 1.12 bits per heavy atom. The van der Waals surface area contributed by atoms with Crippen LogP contribution in [-0.4, -0.2) is 28.6 Å². The van der Waals surface area contributed by atoms with Gasteiger partial charge < -0.3 is 19.8 Å². The van der Waals surface area contributed by atoms with E-state index in [0.717, 1.165) is 33.2 Å². The number of anilines is 1. The number of H-pyrrole nitrogens is 1. The monoisotopic (exact) mass is 348 g/mol. The lowest BCUT2D eigenvalue weighted by Gasteiger charge is -2.13. The van der Waals surface area contributed by atoms with Crippen LogP contribution in [0.5, 0.6) is 17.6 Å². The molecule has 0 fully saturated rings. The third kappa shape index (κ3) is 2.90. The smallest absolute Gasteiger partial charge is 0.320 e. The molecule has 0 aliphatic heterocycles. The van der Waals surface area contributed by atoms with Gasteiger partial charge in [-0.1, -0.05) is 6.07 Å². The average Bonchev–Trinajstić information content (AvgIpc) is 3.00. The number of fused-ring (bicyclic) bond motifs is 2. The molecule has 0 aliphatic rings. The van der Waals surface area contributed by atoms with Gasteiger partial charge in [-0.2, -0.15) is 9.97 Å². The Hall–Kier alpha value is -3.28. The molecule has 2 aromatic heterocycles. The third-order valence-corrected chi connectivity index (χ3v) is 4.15. The minimum atomic E-state index is 0.307. The van der Waals surface area contributed by atoms with Crippen molar-refractivity contribution < 1.29 is 9.47 Å². The van der Waals surface area contributed by atoms with E-state index in [0.29, 0.717) is 24.2 Å². The summed E-state index contributed by atoms with van der Waals surface area (Å²) < 4.78 is 11.7. The second-order valence-corrected chi connectivity index (χ2v) is 6.00. The number of nitrogens with zero attached hydrogens (tertiary/aromatic N) is 2. The summed E-state index contributed by atoms with van der Waals surface area (Å²) in [6.45, 7) is 4.43. The molecule has 2 heterocycles. The first kappa shape index (κ1) is 16.2. The fraction of sp³-hybridized carbons (Fsp3) is 0.200. The fourth-order valence-corrected chi connectivity index (χ4v) is 3.04. The number of ether oxygens (including phenoxy) is 2. The number of aromatic nitrogens is 3. The lowest BCUT2D eigenvalue weighted by Crippen LogP contribution is -2.01. The van der Waals surface area contributed by atoms with E-state index in [1.165, 1.54) is 0 Å². The standard InChI is InChI=1S/C20H20N4O2/c1-4-25-20-23-17-7-5-6-16(21-3)18(17)19(24-20)26-14-8-9-15-13(11-14)10-12(2)22-15/h5-11,21-22H,4H2,1-3H3. The predicted molar refractivity (Wildman–Crippen MR) is 103 cm³/mol. The number of nitrogens with one attached hydrogen (secondary N) is 2. The molecule has 0 unspecified atom stereocenters. The zero-order valence-electron chi connectivity index (χ0n) is 15.0. The van der Waals surface area contributed by atoms with Crippen LogP contribution in [-0.2, 0) is 0 Å². The van der Waals surface area contributed by atoms with Crippen molar-refractivity contribution in [3.8, 4) is 17.6 Å². The lowest BCUT2D eigenvalue weighted by molar-refractivity contribution is 0.308. The Morgan fingerprint density at radius 3 is 2.81 bits per heavy atom. The summed E-state index contributed by atoms with van der Waals surface area (Å²) in [6, 6.07) is 14.2. The first-order valence-electron chi connectivity index (χ1n) is 8.56. The van der Waals surface area contributed by atoms with Crippen molar-refractivity contribution in [1.82, 2.24) is 15.0 Å². The van der Waals surface area contributed by atoms with E-state index >= 15 is 0 Å². The third-order valence-electron chi connectivity index (χ3n) is 4.15. The van der Waals surface area contributed by atoms with Crippen LogP contribution in [0.25, 0.3) is 21.8 Å². The minimum absolute atomic E-state index is 0.307. The molecule has 2 N–H and O–H groups in total. The molecule has 0 saturated carbocycles. The maximum atomic E-state index is 6.15. The zero-order valence-corrected chi connectivity index (χ0v) is 15.0. The van der Waals surface area contributed by atoms with Crippen LogP contribution in [0.2, 0.25) is 0 Å². The van der Waals surface area contributed by atoms with Crippen molar-refractivity contribution in [2.24, 2.45) is 0 Å². The quantitative estimate of drug-likeness (QED) is 0.549. The molecule has 6 nitrogen and oxygen atoms in total. The highest BCUT2D eigenvalue weighted by Crippen LogP contribution is 2.35. The van der Waals surface area contributed by atoms with Crippen LogP contribution in [0.1, 0.15) is 12.6 Å². The number of hydrogen-bond donors (Lipinski definition) is 2. The molecule has 0 atom stereocenters. The van der Waals surface area contributed by atoms with Crippen LogP contribution in [0.4, 0.5) is 5.69 Å². The van der Waals surface area contributed by atoms with Gasteiger partial charge in [-0.25, -0.2) is 0 Å². The Kier molecular flexibility index (Phi) is 4.08. The molecule has 0 amide bonds.